The van der Waals surface area contributed by atoms with Gasteiger partial charge in [0.15, 0.2) is 0 Å². The zero-order valence-corrected chi connectivity index (χ0v) is 7.94. The standard InChI is InChI=1S/C11H18O/c1-3-4-5-7-11(2)8-6-10(12)9-11/h3H,1,4-9H2,2H3. The van der Waals surface area contributed by atoms with Crippen LogP contribution in [0.15, 0.2) is 12.7 Å². The highest BCUT2D eigenvalue weighted by molar-refractivity contribution is 5.81. The number of ketones is 1. The first-order valence-electron chi connectivity index (χ1n) is 4.79. The van der Waals surface area contributed by atoms with Crippen molar-refractivity contribution in [1.29, 1.82) is 0 Å². The van der Waals surface area contributed by atoms with Crippen molar-refractivity contribution < 1.29 is 4.79 Å². The third-order valence-corrected chi connectivity index (χ3v) is 2.82. The maximum atomic E-state index is 11.1. The van der Waals surface area contributed by atoms with Crippen molar-refractivity contribution >= 4 is 5.78 Å². The Kier molecular flexibility index (Phi) is 3.07. The Bertz CT molecular complexity index is 183. The Balaban J connectivity index is 2.29. The molecular formula is C11H18O. The van der Waals surface area contributed by atoms with Crippen molar-refractivity contribution in [2.45, 2.75) is 45.4 Å². The van der Waals surface area contributed by atoms with Crippen molar-refractivity contribution in [1.82, 2.24) is 0 Å². The molecule has 1 atom stereocenters. The number of Topliss-reactive ketones (excluding diaryl/α,β-unsaturated/α-hetero) is 1. The van der Waals surface area contributed by atoms with E-state index in [-0.39, 0.29) is 0 Å². The molecule has 0 N–H and O–H groups in total. The molecule has 0 aromatic rings. The molecule has 1 heteroatoms. The van der Waals surface area contributed by atoms with Gasteiger partial charge in [-0.15, -0.1) is 6.58 Å². The van der Waals surface area contributed by atoms with Crippen LogP contribution in [-0.4, -0.2) is 5.78 Å². The predicted molar refractivity (Wildman–Crippen MR) is 51.0 cm³/mol. The van der Waals surface area contributed by atoms with Gasteiger partial charge in [0, 0.05) is 12.8 Å². The monoisotopic (exact) mass is 166 g/mol. The number of hydrogen-bond acceptors (Lipinski definition) is 1. The van der Waals surface area contributed by atoms with Crippen LogP contribution >= 0.6 is 0 Å². The van der Waals surface area contributed by atoms with Crippen LogP contribution in [-0.2, 0) is 4.79 Å². The van der Waals surface area contributed by atoms with Gasteiger partial charge in [0.2, 0.25) is 0 Å². The molecule has 1 aliphatic carbocycles. The summed E-state index contributed by atoms with van der Waals surface area (Å²) in [5.74, 6) is 0.455. The van der Waals surface area contributed by atoms with E-state index in [1.807, 2.05) is 6.08 Å². The fourth-order valence-electron chi connectivity index (χ4n) is 1.98. The van der Waals surface area contributed by atoms with Crippen LogP contribution in [0.3, 0.4) is 0 Å². The van der Waals surface area contributed by atoms with Crippen LogP contribution in [0.1, 0.15) is 45.4 Å². The highest BCUT2D eigenvalue weighted by atomic mass is 16.1. The SMILES string of the molecule is C=CCCCC1(C)CCC(=O)C1. The summed E-state index contributed by atoms with van der Waals surface area (Å²) in [6.07, 6.45) is 8.14. The van der Waals surface area contributed by atoms with Gasteiger partial charge in [0.25, 0.3) is 0 Å². The lowest BCUT2D eigenvalue weighted by Crippen LogP contribution is -2.11. The quantitative estimate of drug-likeness (QED) is 0.463. The van der Waals surface area contributed by atoms with Crippen LogP contribution in [0.25, 0.3) is 0 Å². The molecule has 68 valence electrons. The fourth-order valence-corrected chi connectivity index (χ4v) is 1.98. The molecule has 1 rings (SSSR count). The summed E-state index contributed by atoms with van der Waals surface area (Å²) in [5.41, 5.74) is 0.320. The second kappa shape index (κ2) is 3.88. The average Bonchev–Trinajstić information content (AvgIpc) is 2.32. The number of hydrogen-bond donors (Lipinski definition) is 0. The van der Waals surface area contributed by atoms with Gasteiger partial charge in [-0.2, -0.15) is 0 Å². The van der Waals surface area contributed by atoms with E-state index in [4.69, 9.17) is 0 Å². The highest BCUT2D eigenvalue weighted by Gasteiger charge is 2.32. The van der Waals surface area contributed by atoms with E-state index in [1.54, 1.807) is 0 Å². The predicted octanol–water partition coefficient (Wildman–Crippen LogP) is 3.10. The summed E-state index contributed by atoms with van der Waals surface area (Å²) in [6, 6.07) is 0. The van der Waals surface area contributed by atoms with Crippen LogP contribution in [0, 0.1) is 5.41 Å². The van der Waals surface area contributed by atoms with Gasteiger partial charge >= 0.3 is 0 Å². The van der Waals surface area contributed by atoms with Crippen molar-refractivity contribution in [2.24, 2.45) is 5.41 Å². The van der Waals surface area contributed by atoms with E-state index >= 15 is 0 Å². The number of rotatable bonds is 4. The molecule has 0 heterocycles. The first-order valence-corrected chi connectivity index (χ1v) is 4.79. The van der Waals surface area contributed by atoms with E-state index in [9.17, 15) is 4.79 Å². The number of carbonyl (C=O) groups excluding carboxylic acids is 1. The molecule has 0 spiro atoms. The van der Waals surface area contributed by atoms with Gasteiger partial charge in [-0.05, 0) is 31.1 Å². The molecule has 1 aliphatic rings. The molecule has 1 unspecified atom stereocenters. The van der Waals surface area contributed by atoms with Gasteiger partial charge in [-0.1, -0.05) is 13.0 Å². The Hall–Kier alpha value is -0.590. The lowest BCUT2D eigenvalue weighted by molar-refractivity contribution is -0.118. The summed E-state index contributed by atoms with van der Waals surface area (Å²) in [6.45, 7) is 5.93. The summed E-state index contributed by atoms with van der Waals surface area (Å²) < 4.78 is 0. The first kappa shape index (κ1) is 9.50. The van der Waals surface area contributed by atoms with E-state index in [0.717, 1.165) is 25.7 Å². The summed E-state index contributed by atoms with van der Waals surface area (Å²) >= 11 is 0. The number of carbonyl (C=O) groups is 1. The Morgan fingerprint density at radius 2 is 2.42 bits per heavy atom. The number of allylic oxidation sites excluding steroid dienone is 1. The molecule has 0 aromatic carbocycles. The molecule has 0 aromatic heterocycles. The van der Waals surface area contributed by atoms with Gasteiger partial charge in [0.05, 0.1) is 0 Å². The van der Waals surface area contributed by atoms with Gasteiger partial charge in [0.1, 0.15) is 5.78 Å². The average molecular weight is 166 g/mol. The molecule has 1 fully saturated rings. The number of unbranched alkanes of at least 4 members (excludes halogenated alkanes) is 1. The minimum atomic E-state index is 0.320. The van der Waals surface area contributed by atoms with Crippen LogP contribution in [0.4, 0.5) is 0 Å². The lowest BCUT2D eigenvalue weighted by Gasteiger charge is -2.21. The molecule has 1 nitrogen and oxygen atoms in total. The molecule has 0 radical (unpaired) electrons. The van der Waals surface area contributed by atoms with Gasteiger partial charge in [-0.25, -0.2) is 0 Å². The fraction of sp³-hybridized carbons (Fsp3) is 0.727. The van der Waals surface area contributed by atoms with Gasteiger partial charge < -0.3 is 0 Å². The van der Waals surface area contributed by atoms with Crippen LogP contribution in [0.2, 0.25) is 0 Å². The van der Waals surface area contributed by atoms with Crippen LogP contribution < -0.4 is 0 Å². The Morgan fingerprint density at radius 1 is 1.67 bits per heavy atom. The third kappa shape index (κ3) is 2.47. The molecule has 12 heavy (non-hydrogen) atoms. The summed E-state index contributed by atoms with van der Waals surface area (Å²) in [5, 5.41) is 0. The lowest BCUT2D eigenvalue weighted by atomic mass is 9.83. The molecule has 0 amide bonds. The molecular weight excluding hydrogens is 148 g/mol. The van der Waals surface area contributed by atoms with E-state index in [0.29, 0.717) is 11.2 Å². The molecule has 0 aliphatic heterocycles. The largest absolute Gasteiger partial charge is 0.300 e. The summed E-state index contributed by atoms with van der Waals surface area (Å²) in [7, 11) is 0. The van der Waals surface area contributed by atoms with Crippen molar-refractivity contribution in [3.8, 4) is 0 Å². The molecule has 0 bridgehead atoms. The molecule has 0 saturated heterocycles. The second-order valence-electron chi connectivity index (χ2n) is 4.21. The first-order chi connectivity index (χ1) is 5.66. The summed E-state index contributed by atoms with van der Waals surface area (Å²) in [4.78, 5) is 11.1. The minimum absolute atomic E-state index is 0.320. The maximum Gasteiger partial charge on any atom is 0.133 e. The van der Waals surface area contributed by atoms with E-state index < -0.39 is 0 Å². The van der Waals surface area contributed by atoms with Crippen molar-refractivity contribution in [3.05, 3.63) is 12.7 Å². The van der Waals surface area contributed by atoms with Crippen LogP contribution in [0.5, 0.6) is 0 Å². The molecule has 1 saturated carbocycles. The topological polar surface area (TPSA) is 17.1 Å². The zero-order valence-electron chi connectivity index (χ0n) is 7.94. The van der Waals surface area contributed by atoms with Gasteiger partial charge in [-0.3, -0.25) is 4.79 Å². The van der Waals surface area contributed by atoms with Crippen molar-refractivity contribution in [2.75, 3.05) is 0 Å². The smallest absolute Gasteiger partial charge is 0.133 e. The van der Waals surface area contributed by atoms with E-state index in [1.165, 1.54) is 12.8 Å². The third-order valence-electron chi connectivity index (χ3n) is 2.82. The Labute approximate surface area is 74.9 Å². The normalized spacial score (nSPS) is 29.2. The maximum absolute atomic E-state index is 11.1. The minimum Gasteiger partial charge on any atom is -0.300 e. The van der Waals surface area contributed by atoms with Crippen molar-refractivity contribution in [3.63, 3.8) is 0 Å². The van der Waals surface area contributed by atoms with E-state index in [2.05, 4.69) is 13.5 Å². The zero-order chi connectivity index (χ0) is 9.03. The Morgan fingerprint density at radius 3 is 2.92 bits per heavy atom. The highest BCUT2D eigenvalue weighted by Crippen LogP contribution is 2.39. The second-order valence-corrected chi connectivity index (χ2v) is 4.21.